The van der Waals surface area contributed by atoms with Crippen LogP contribution in [0.5, 0.6) is 5.88 Å². The van der Waals surface area contributed by atoms with Crippen molar-refractivity contribution in [2.75, 3.05) is 7.11 Å². The summed E-state index contributed by atoms with van der Waals surface area (Å²) in [6.07, 6.45) is 4.97. The zero-order valence-corrected chi connectivity index (χ0v) is 14.8. The maximum Gasteiger partial charge on any atom is 0.212 e. The average molecular weight is 361 g/mol. The van der Waals surface area contributed by atoms with Crippen molar-refractivity contribution in [3.05, 3.63) is 77.5 Å². The van der Waals surface area contributed by atoms with Crippen LogP contribution in [0.25, 0.3) is 22.2 Å². The molecule has 3 aromatic heterocycles. The number of nitrogens with zero attached hydrogens (tertiary/aromatic N) is 2. The number of aromatic amines is 1. The molecule has 0 fully saturated rings. The van der Waals surface area contributed by atoms with Gasteiger partial charge < -0.3 is 9.72 Å². The lowest BCUT2D eigenvalue weighted by Gasteiger charge is -2.08. The first-order valence-electron chi connectivity index (χ1n) is 8.36. The fraction of sp³-hybridized carbons (Fsp3) is 0.0952. The zero-order chi connectivity index (χ0) is 19.0. The van der Waals surface area contributed by atoms with E-state index in [9.17, 15) is 9.18 Å². The van der Waals surface area contributed by atoms with Gasteiger partial charge in [-0.2, -0.15) is 0 Å². The van der Waals surface area contributed by atoms with E-state index in [1.165, 1.54) is 12.1 Å². The fourth-order valence-corrected chi connectivity index (χ4v) is 3.12. The second-order valence-corrected chi connectivity index (χ2v) is 6.16. The summed E-state index contributed by atoms with van der Waals surface area (Å²) in [6, 6.07) is 9.67. The largest absolute Gasteiger partial charge is 0.481 e. The van der Waals surface area contributed by atoms with Gasteiger partial charge >= 0.3 is 0 Å². The van der Waals surface area contributed by atoms with Crippen molar-refractivity contribution in [2.24, 2.45) is 0 Å². The van der Waals surface area contributed by atoms with Crippen LogP contribution >= 0.6 is 0 Å². The van der Waals surface area contributed by atoms with E-state index in [1.807, 2.05) is 12.1 Å². The molecule has 0 bridgehead atoms. The highest BCUT2D eigenvalue weighted by molar-refractivity contribution is 6.19. The number of ether oxygens (including phenoxy) is 1. The van der Waals surface area contributed by atoms with Gasteiger partial charge in [0.25, 0.3) is 0 Å². The summed E-state index contributed by atoms with van der Waals surface area (Å²) in [5.74, 6) is -0.194. The van der Waals surface area contributed by atoms with Crippen LogP contribution in [-0.4, -0.2) is 27.8 Å². The van der Waals surface area contributed by atoms with E-state index < -0.39 is 5.82 Å². The Kier molecular flexibility index (Phi) is 4.16. The normalized spacial score (nSPS) is 10.9. The molecule has 134 valence electrons. The van der Waals surface area contributed by atoms with Gasteiger partial charge in [0, 0.05) is 41.2 Å². The molecule has 0 unspecified atom stereocenters. The lowest BCUT2D eigenvalue weighted by molar-refractivity contribution is 0.103. The monoisotopic (exact) mass is 361 g/mol. The van der Waals surface area contributed by atoms with E-state index in [0.717, 1.165) is 11.1 Å². The van der Waals surface area contributed by atoms with Gasteiger partial charge in [-0.25, -0.2) is 14.4 Å². The third-order valence-electron chi connectivity index (χ3n) is 4.52. The van der Waals surface area contributed by atoms with E-state index >= 15 is 0 Å². The number of aromatic nitrogens is 3. The number of aryl methyl sites for hydroxylation is 1. The van der Waals surface area contributed by atoms with E-state index in [-0.39, 0.29) is 5.78 Å². The van der Waals surface area contributed by atoms with E-state index in [0.29, 0.717) is 33.6 Å². The number of halogens is 1. The Balaban J connectivity index is 1.89. The van der Waals surface area contributed by atoms with Crippen molar-refractivity contribution in [2.45, 2.75) is 6.92 Å². The molecule has 1 N–H and O–H groups in total. The Labute approximate surface area is 154 Å². The van der Waals surface area contributed by atoms with Crippen LogP contribution < -0.4 is 4.74 Å². The minimum atomic E-state index is -0.443. The number of benzene rings is 1. The number of rotatable bonds is 4. The Morgan fingerprint density at radius 3 is 2.70 bits per heavy atom. The van der Waals surface area contributed by atoms with E-state index in [4.69, 9.17) is 4.74 Å². The van der Waals surface area contributed by atoms with Gasteiger partial charge in [-0.3, -0.25) is 4.79 Å². The van der Waals surface area contributed by atoms with Gasteiger partial charge in [0.1, 0.15) is 11.5 Å². The molecule has 0 aliphatic carbocycles. The van der Waals surface area contributed by atoms with E-state index in [1.54, 1.807) is 44.8 Å². The van der Waals surface area contributed by atoms with Gasteiger partial charge in [0.05, 0.1) is 12.7 Å². The van der Waals surface area contributed by atoms with Crippen LogP contribution in [0.4, 0.5) is 4.39 Å². The SMILES string of the molecule is COc1ccc(-c2ccnc3[nH]cc(C(=O)c4cc(F)ccc4C)c23)cn1. The zero-order valence-electron chi connectivity index (χ0n) is 14.8. The minimum absolute atomic E-state index is 0.256. The molecular formula is C21H16FN3O2. The predicted octanol–water partition coefficient (Wildman–Crippen LogP) is 4.31. The molecule has 6 heteroatoms. The molecule has 0 amide bonds. The summed E-state index contributed by atoms with van der Waals surface area (Å²) in [6.45, 7) is 1.79. The Morgan fingerprint density at radius 2 is 1.96 bits per heavy atom. The number of pyridine rings is 2. The van der Waals surface area contributed by atoms with Crippen LogP contribution in [0, 0.1) is 12.7 Å². The summed E-state index contributed by atoms with van der Waals surface area (Å²) in [5.41, 5.74) is 3.71. The summed E-state index contributed by atoms with van der Waals surface area (Å²) >= 11 is 0. The number of hydrogen-bond acceptors (Lipinski definition) is 4. The number of methoxy groups -OCH3 is 1. The van der Waals surface area contributed by atoms with Crippen molar-refractivity contribution in [3.8, 4) is 17.0 Å². The first-order chi connectivity index (χ1) is 13.1. The predicted molar refractivity (Wildman–Crippen MR) is 100 cm³/mol. The number of H-pyrrole nitrogens is 1. The summed E-state index contributed by atoms with van der Waals surface area (Å²) in [7, 11) is 1.55. The van der Waals surface area contributed by atoms with Crippen molar-refractivity contribution in [1.82, 2.24) is 15.0 Å². The van der Waals surface area contributed by atoms with Gasteiger partial charge in [-0.05, 0) is 42.3 Å². The van der Waals surface area contributed by atoms with E-state index in [2.05, 4.69) is 15.0 Å². The Hall–Kier alpha value is -3.54. The second kappa shape index (κ2) is 6.64. The molecule has 0 aliphatic rings. The smallest absolute Gasteiger partial charge is 0.212 e. The number of ketones is 1. The highest BCUT2D eigenvalue weighted by atomic mass is 19.1. The molecule has 0 spiro atoms. The molecule has 3 heterocycles. The third kappa shape index (κ3) is 2.95. The molecule has 0 atom stereocenters. The van der Waals surface area contributed by atoms with Gasteiger partial charge in [0.2, 0.25) is 5.88 Å². The van der Waals surface area contributed by atoms with Crippen LogP contribution in [0.2, 0.25) is 0 Å². The first kappa shape index (κ1) is 16.9. The molecule has 4 aromatic rings. The Bertz CT molecular complexity index is 1150. The van der Waals surface area contributed by atoms with Crippen molar-refractivity contribution >= 4 is 16.8 Å². The maximum absolute atomic E-state index is 13.7. The molecule has 5 nitrogen and oxygen atoms in total. The summed E-state index contributed by atoms with van der Waals surface area (Å²) in [5, 5.41) is 0.679. The van der Waals surface area contributed by atoms with Gasteiger partial charge in [-0.15, -0.1) is 0 Å². The molecule has 0 saturated heterocycles. The molecule has 0 radical (unpaired) electrons. The molecule has 0 aliphatic heterocycles. The topological polar surface area (TPSA) is 67.9 Å². The highest BCUT2D eigenvalue weighted by Gasteiger charge is 2.20. The molecule has 1 aromatic carbocycles. The van der Waals surface area contributed by atoms with Crippen LogP contribution in [0.1, 0.15) is 21.5 Å². The standard InChI is InChI=1S/C21H16FN3O2/c1-12-3-5-14(22)9-16(12)20(26)17-11-25-21-19(17)15(7-8-23-21)13-4-6-18(27-2)24-10-13/h3-11H,1-2H3,(H,23,25). The highest BCUT2D eigenvalue weighted by Crippen LogP contribution is 2.32. The molecular weight excluding hydrogens is 345 g/mol. The molecule has 0 saturated carbocycles. The molecule has 4 rings (SSSR count). The minimum Gasteiger partial charge on any atom is -0.481 e. The quantitative estimate of drug-likeness (QED) is 0.550. The average Bonchev–Trinajstić information content (AvgIpc) is 3.13. The maximum atomic E-state index is 13.7. The lowest BCUT2D eigenvalue weighted by atomic mass is 9.96. The van der Waals surface area contributed by atoms with Crippen LogP contribution in [0.15, 0.2) is 55.0 Å². The third-order valence-corrected chi connectivity index (χ3v) is 4.52. The number of nitrogens with one attached hydrogen (secondary N) is 1. The lowest BCUT2D eigenvalue weighted by Crippen LogP contribution is -2.04. The first-order valence-corrected chi connectivity index (χ1v) is 8.36. The number of fused-ring (bicyclic) bond motifs is 1. The Morgan fingerprint density at radius 1 is 1.11 bits per heavy atom. The number of carbonyl (C=O) groups excluding carboxylic acids is 1. The number of carbonyl (C=O) groups is 1. The summed E-state index contributed by atoms with van der Waals surface area (Å²) in [4.78, 5) is 24.7. The van der Waals surface area contributed by atoms with Crippen LogP contribution in [-0.2, 0) is 0 Å². The fourth-order valence-electron chi connectivity index (χ4n) is 3.12. The van der Waals surface area contributed by atoms with Crippen molar-refractivity contribution in [3.63, 3.8) is 0 Å². The summed E-state index contributed by atoms with van der Waals surface area (Å²) < 4.78 is 18.8. The van der Waals surface area contributed by atoms with Crippen molar-refractivity contribution < 1.29 is 13.9 Å². The number of hydrogen-bond donors (Lipinski definition) is 1. The second-order valence-electron chi connectivity index (χ2n) is 6.16. The van der Waals surface area contributed by atoms with Crippen LogP contribution in [0.3, 0.4) is 0 Å². The van der Waals surface area contributed by atoms with Gasteiger partial charge in [0.15, 0.2) is 5.78 Å². The van der Waals surface area contributed by atoms with Gasteiger partial charge in [-0.1, -0.05) is 6.07 Å². The molecule has 27 heavy (non-hydrogen) atoms. The van der Waals surface area contributed by atoms with Crippen molar-refractivity contribution in [1.29, 1.82) is 0 Å².